The number of hydrogen-bond donors (Lipinski definition) is 2. The van der Waals surface area contributed by atoms with Crippen molar-refractivity contribution in [3.8, 4) is 11.5 Å². The zero-order valence-corrected chi connectivity index (χ0v) is 22.9. The van der Waals surface area contributed by atoms with Crippen molar-refractivity contribution in [2.45, 2.75) is 32.9 Å². The summed E-state index contributed by atoms with van der Waals surface area (Å²) in [7, 11) is 0. The van der Waals surface area contributed by atoms with Gasteiger partial charge < -0.3 is 20.4 Å². The minimum atomic E-state index is -0.351. The maximum Gasteiger partial charge on any atom is 0.231 e. The molecule has 11 heteroatoms. The lowest BCUT2D eigenvalue weighted by Crippen LogP contribution is -2.47. The van der Waals surface area contributed by atoms with E-state index in [-0.39, 0.29) is 18.0 Å². The number of ether oxygens (including phenoxy) is 1. The SMILES string of the molecule is CC(C)(C)N(CCn1ccc2ncnc(Nc3ccc(Oc4cccc5sncc45)c(Cl)c3)c21)CC(N)=O. The molecule has 0 aliphatic heterocycles. The first-order chi connectivity index (χ1) is 18.2. The van der Waals surface area contributed by atoms with Crippen LogP contribution < -0.4 is 15.8 Å². The highest BCUT2D eigenvalue weighted by Crippen LogP contribution is 2.36. The van der Waals surface area contributed by atoms with Crippen LogP contribution in [0.3, 0.4) is 0 Å². The second-order valence-electron chi connectivity index (χ2n) is 9.89. The summed E-state index contributed by atoms with van der Waals surface area (Å²) in [6.45, 7) is 7.65. The first kappa shape index (κ1) is 25.9. The fraction of sp³-hybridized carbons (Fsp3) is 0.259. The number of benzene rings is 2. The van der Waals surface area contributed by atoms with E-state index in [0.29, 0.717) is 35.4 Å². The smallest absolute Gasteiger partial charge is 0.231 e. The lowest BCUT2D eigenvalue weighted by molar-refractivity contribution is -0.120. The van der Waals surface area contributed by atoms with Crippen LogP contribution in [0.2, 0.25) is 5.02 Å². The van der Waals surface area contributed by atoms with Gasteiger partial charge in [0, 0.05) is 30.5 Å². The van der Waals surface area contributed by atoms with Crippen molar-refractivity contribution in [1.29, 1.82) is 0 Å². The number of hydrogen-bond acceptors (Lipinski definition) is 8. The van der Waals surface area contributed by atoms with Gasteiger partial charge in [0.05, 0.1) is 33.4 Å². The van der Waals surface area contributed by atoms with E-state index in [1.807, 2.05) is 42.6 Å². The third-order valence-corrected chi connectivity index (χ3v) is 7.29. The fourth-order valence-corrected chi connectivity index (χ4v) is 5.13. The van der Waals surface area contributed by atoms with Gasteiger partial charge in [-0.1, -0.05) is 17.7 Å². The number of nitrogens with zero attached hydrogens (tertiary/aromatic N) is 5. The van der Waals surface area contributed by atoms with Crippen LogP contribution in [-0.2, 0) is 11.3 Å². The van der Waals surface area contributed by atoms with Gasteiger partial charge in [-0.15, -0.1) is 0 Å². The first-order valence-electron chi connectivity index (χ1n) is 12.1. The summed E-state index contributed by atoms with van der Waals surface area (Å²) in [5, 5.41) is 4.78. The van der Waals surface area contributed by atoms with Gasteiger partial charge in [0.2, 0.25) is 5.91 Å². The second kappa shape index (κ2) is 10.6. The molecule has 0 aliphatic rings. The molecule has 0 spiro atoms. The lowest BCUT2D eigenvalue weighted by Gasteiger charge is -2.34. The largest absolute Gasteiger partial charge is 0.455 e. The highest BCUT2D eigenvalue weighted by Gasteiger charge is 2.23. The molecule has 5 rings (SSSR count). The quantitative estimate of drug-likeness (QED) is 0.238. The molecule has 3 heterocycles. The average Bonchev–Trinajstić information content (AvgIpc) is 3.51. The maximum atomic E-state index is 11.6. The zero-order valence-electron chi connectivity index (χ0n) is 21.3. The third-order valence-electron chi connectivity index (χ3n) is 6.23. The number of carbonyl (C=O) groups excluding carboxylic acids is 1. The number of primary amides is 1. The molecule has 0 radical (unpaired) electrons. The summed E-state index contributed by atoms with van der Waals surface area (Å²) in [6, 6.07) is 13.3. The van der Waals surface area contributed by atoms with Crippen molar-refractivity contribution in [2.24, 2.45) is 5.73 Å². The van der Waals surface area contributed by atoms with E-state index in [1.165, 1.54) is 17.9 Å². The molecule has 5 aromatic rings. The van der Waals surface area contributed by atoms with E-state index < -0.39 is 0 Å². The molecule has 0 unspecified atom stereocenters. The minimum absolute atomic E-state index is 0.189. The van der Waals surface area contributed by atoms with Crippen molar-refractivity contribution in [2.75, 3.05) is 18.4 Å². The minimum Gasteiger partial charge on any atom is -0.455 e. The van der Waals surface area contributed by atoms with Crippen molar-refractivity contribution in [3.05, 3.63) is 66.2 Å². The Morgan fingerprint density at radius 1 is 1.18 bits per heavy atom. The first-order valence-corrected chi connectivity index (χ1v) is 13.3. The number of aromatic nitrogens is 4. The van der Waals surface area contributed by atoms with Crippen LogP contribution >= 0.6 is 23.1 Å². The molecule has 38 heavy (non-hydrogen) atoms. The molecular weight excluding hydrogens is 522 g/mol. The molecule has 0 saturated heterocycles. The number of anilines is 2. The van der Waals surface area contributed by atoms with Crippen LogP contribution in [0.5, 0.6) is 11.5 Å². The molecule has 0 atom stereocenters. The van der Waals surface area contributed by atoms with Crippen LogP contribution in [0, 0.1) is 0 Å². The molecule has 1 amide bonds. The molecule has 9 nitrogen and oxygen atoms in total. The van der Waals surface area contributed by atoms with Gasteiger partial charge in [0.15, 0.2) is 5.82 Å². The Morgan fingerprint density at radius 3 is 2.79 bits per heavy atom. The average molecular weight is 550 g/mol. The Balaban J connectivity index is 1.37. The number of carbonyl (C=O) groups is 1. The standard InChI is InChI=1S/C27H28ClN7O2S/c1-27(2,3)35(15-24(29)36)12-11-34-10-9-20-25(34)26(31-16-30-20)33-17-7-8-22(19(28)13-17)37-21-5-4-6-23-18(21)14-32-38-23/h4-10,13-14,16H,11-12,15H2,1-3H3,(H2,29,36)(H,30,31,33). The predicted molar refractivity (Wildman–Crippen MR) is 152 cm³/mol. The summed E-state index contributed by atoms with van der Waals surface area (Å²) in [5.41, 5.74) is 7.70. The number of halogens is 1. The number of nitrogens with two attached hydrogens (primary N) is 1. The predicted octanol–water partition coefficient (Wildman–Crippen LogP) is 5.82. The Hall–Kier alpha value is -3.73. The van der Waals surface area contributed by atoms with E-state index in [1.54, 1.807) is 12.3 Å². The lowest BCUT2D eigenvalue weighted by atomic mass is 10.1. The topological polar surface area (TPSA) is 111 Å². The van der Waals surface area contributed by atoms with Crippen LogP contribution in [0.4, 0.5) is 11.5 Å². The van der Waals surface area contributed by atoms with Gasteiger partial charge in [-0.25, -0.2) is 9.97 Å². The highest BCUT2D eigenvalue weighted by molar-refractivity contribution is 7.13. The van der Waals surface area contributed by atoms with E-state index in [0.717, 1.165) is 26.8 Å². The molecule has 0 aliphatic carbocycles. The normalized spacial score (nSPS) is 11.9. The van der Waals surface area contributed by atoms with Crippen molar-refractivity contribution in [3.63, 3.8) is 0 Å². The maximum absolute atomic E-state index is 11.6. The molecular formula is C27H28ClN7O2S. The molecule has 0 bridgehead atoms. The molecule has 0 fully saturated rings. The number of fused-ring (bicyclic) bond motifs is 2. The Bertz CT molecular complexity index is 1610. The van der Waals surface area contributed by atoms with E-state index in [9.17, 15) is 4.79 Å². The summed E-state index contributed by atoms with van der Waals surface area (Å²) < 4.78 is 13.5. The number of nitrogens with one attached hydrogen (secondary N) is 1. The summed E-state index contributed by atoms with van der Waals surface area (Å²) in [6.07, 6.45) is 5.29. The molecule has 3 aromatic heterocycles. The van der Waals surface area contributed by atoms with E-state index in [2.05, 4.69) is 49.9 Å². The van der Waals surface area contributed by atoms with Crippen molar-refractivity contribution < 1.29 is 9.53 Å². The summed E-state index contributed by atoms with van der Waals surface area (Å²) in [5.74, 6) is 1.55. The fourth-order valence-electron chi connectivity index (χ4n) is 4.25. The summed E-state index contributed by atoms with van der Waals surface area (Å²) in [4.78, 5) is 22.6. The molecule has 3 N–H and O–H groups in total. The van der Waals surface area contributed by atoms with Crippen molar-refractivity contribution in [1.82, 2.24) is 23.8 Å². The van der Waals surface area contributed by atoms with Crippen LogP contribution in [0.15, 0.2) is 61.2 Å². The molecule has 2 aromatic carbocycles. The number of rotatable bonds is 9. The summed E-state index contributed by atoms with van der Waals surface area (Å²) >= 11 is 8.03. The van der Waals surface area contributed by atoms with Gasteiger partial charge in [0.25, 0.3) is 0 Å². The van der Waals surface area contributed by atoms with Gasteiger partial charge >= 0.3 is 0 Å². The van der Waals surface area contributed by atoms with E-state index in [4.69, 9.17) is 22.1 Å². The van der Waals surface area contributed by atoms with Crippen molar-refractivity contribution >= 4 is 61.7 Å². The Kier molecular flexibility index (Phi) is 7.20. The molecule has 0 saturated carbocycles. The number of amides is 1. The van der Waals surface area contributed by atoms with Crippen LogP contribution in [0.25, 0.3) is 21.1 Å². The van der Waals surface area contributed by atoms with Gasteiger partial charge in [-0.3, -0.25) is 9.69 Å². The van der Waals surface area contributed by atoms with Crippen LogP contribution in [-0.4, -0.2) is 48.3 Å². The molecule has 196 valence electrons. The Labute approximate surface area is 229 Å². The van der Waals surface area contributed by atoms with E-state index >= 15 is 0 Å². The zero-order chi connectivity index (χ0) is 26.9. The van der Waals surface area contributed by atoms with Gasteiger partial charge in [-0.05, 0) is 68.7 Å². The van der Waals surface area contributed by atoms with Gasteiger partial charge in [0.1, 0.15) is 23.3 Å². The second-order valence-corrected chi connectivity index (χ2v) is 11.1. The van der Waals surface area contributed by atoms with Gasteiger partial charge in [-0.2, -0.15) is 4.37 Å². The third kappa shape index (κ3) is 5.57. The highest BCUT2D eigenvalue weighted by atomic mass is 35.5. The Morgan fingerprint density at radius 2 is 2.03 bits per heavy atom. The monoisotopic (exact) mass is 549 g/mol. The van der Waals surface area contributed by atoms with Crippen LogP contribution in [0.1, 0.15) is 20.8 Å².